The van der Waals surface area contributed by atoms with Gasteiger partial charge >= 0.3 is 0 Å². The molecule has 0 fully saturated rings. The van der Waals surface area contributed by atoms with Gasteiger partial charge in [-0.1, -0.05) is 146 Å². The van der Waals surface area contributed by atoms with Crippen molar-refractivity contribution in [1.82, 2.24) is 0 Å². The Hall–Kier alpha value is -5.68. The minimum absolute atomic E-state index is 1.01. The predicted octanol–water partition coefficient (Wildman–Crippen LogP) is 10.0. The Morgan fingerprint density at radius 1 is 0.250 bits per heavy atom. The van der Waals surface area contributed by atoms with Gasteiger partial charge in [0.15, 0.2) is 0 Å². The molecule has 44 heavy (non-hydrogen) atoms. The zero-order valence-electron chi connectivity index (χ0n) is 24.2. The standard InChI is InChI=1S/2C20H16N2/c2*21-22(19-13-5-9-15-7-1-3-11-17(15)19)20-14-6-10-16-8-2-4-12-18(16)20/h2*1-14H,21H2. The second-order valence-corrected chi connectivity index (χ2v) is 10.7. The van der Waals surface area contributed by atoms with Gasteiger partial charge in [0.1, 0.15) is 0 Å². The van der Waals surface area contributed by atoms with Crippen molar-refractivity contribution in [2.24, 2.45) is 11.7 Å². The summed E-state index contributed by atoms with van der Waals surface area (Å²) in [6.45, 7) is 0. The molecule has 0 radical (unpaired) electrons. The van der Waals surface area contributed by atoms with Crippen LogP contribution in [0, 0.1) is 0 Å². The fraction of sp³-hybridized carbons (Fsp3) is 0. The van der Waals surface area contributed by atoms with Crippen molar-refractivity contribution >= 4 is 65.8 Å². The van der Waals surface area contributed by atoms with E-state index in [2.05, 4.69) is 97.1 Å². The third-order valence-electron chi connectivity index (χ3n) is 8.10. The van der Waals surface area contributed by atoms with Gasteiger partial charge in [0.05, 0.1) is 22.7 Å². The topological polar surface area (TPSA) is 58.5 Å². The zero-order valence-corrected chi connectivity index (χ0v) is 24.2. The van der Waals surface area contributed by atoms with Gasteiger partial charge in [-0.05, 0) is 45.8 Å². The lowest BCUT2D eigenvalue weighted by molar-refractivity contribution is 1.10. The number of nitrogens with zero attached hydrogens (tertiary/aromatic N) is 2. The molecule has 0 aromatic heterocycles. The number of fused-ring (bicyclic) bond motifs is 4. The average molecular weight is 569 g/mol. The van der Waals surface area contributed by atoms with Crippen molar-refractivity contribution in [2.45, 2.75) is 0 Å². The van der Waals surface area contributed by atoms with Crippen LogP contribution in [0.3, 0.4) is 0 Å². The first kappa shape index (κ1) is 27.2. The summed E-state index contributed by atoms with van der Waals surface area (Å²) < 4.78 is 0. The van der Waals surface area contributed by atoms with E-state index in [1.165, 1.54) is 21.5 Å². The molecule has 4 N–H and O–H groups in total. The third-order valence-corrected chi connectivity index (χ3v) is 8.10. The molecule has 0 amide bonds. The number of benzene rings is 8. The fourth-order valence-corrected chi connectivity index (χ4v) is 5.93. The van der Waals surface area contributed by atoms with Crippen LogP contribution in [0.2, 0.25) is 0 Å². The molecule has 8 rings (SSSR count). The minimum Gasteiger partial charge on any atom is -0.278 e. The Balaban J connectivity index is 0.000000142. The lowest BCUT2D eigenvalue weighted by Gasteiger charge is -2.22. The van der Waals surface area contributed by atoms with Crippen LogP contribution in [0.15, 0.2) is 170 Å². The fourth-order valence-electron chi connectivity index (χ4n) is 5.93. The molecule has 8 aromatic rings. The maximum Gasteiger partial charge on any atom is 0.0653 e. The van der Waals surface area contributed by atoms with Gasteiger partial charge in [-0.2, -0.15) is 0 Å². The van der Waals surface area contributed by atoms with Gasteiger partial charge in [-0.25, -0.2) is 11.7 Å². The molecule has 0 spiro atoms. The molecule has 0 saturated carbocycles. The van der Waals surface area contributed by atoms with Crippen LogP contribution in [0.4, 0.5) is 22.7 Å². The van der Waals surface area contributed by atoms with E-state index in [0.717, 1.165) is 44.3 Å². The van der Waals surface area contributed by atoms with Crippen LogP contribution in [-0.4, -0.2) is 0 Å². The lowest BCUT2D eigenvalue weighted by Crippen LogP contribution is -2.25. The monoisotopic (exact) mass is 568 g/mol. The van der Waals surface area contributed by atoms with Crippen molar-refractivity contribution in [3.8, 4) is 0 Å². The highest BCUT2D eigenvalue weighted by Crippen LogP contribution is 2.35. The van der Waals surface area contributed by atoms with Gasteiger partial charge in [-0.3, -0.25) is 10.0 Å². The highest BCUT2D eigenvalue weighted by molar-refractivity contribution is 6.02. The molecule has 4 nitrogen and oxygen atoms in total. The minimum atomic E-state index is 1.01. The molecule has 0 bridgehead atoms. The van der Waals surface area contributed by atoms with Crippen molar-refractivity contribution < 1.29 is 0 Å². The Kier molecular flexibility index (Phi) is 7.35. The number of hydrogen-bond acceptors (Lipinski definition) is 4. The van der Waals surface area contributed by atoms with Crippen molar-refractivity contribution in [1.29, 1.82) is 0 Å². The van der Waals surface area contributed by atoms with Gasteiger partial charge in [0.2, 0.25) is 0 Å². The Bertz CT molecular complexity index is 1900. The van der Waals surface area contributed by atoms with Crippen molar-refractivity contribution in [3.63, 3.8) is 0 Å². The maximum absolute atomic E-state index is 6.48. The van der Waals surface area contributed by atoms with Gasteiger partial charge in [-0.15, -0.1) is 0 Å². The van der Waals surface area contributed by atoms with E-state index in [4.69, 9.17) is 11.7 Å². The van der Waals surface area contributed by atoms with Crippen LogP contribution in [0.1, 0.15) is 0 Å². The van der Waals surface area contributed by atoms with Crippen molar-refractivity contribution in [2.75, 3.05) is 10.0 Å². The molecule has 0 saturated heterocycles. The molecular formula is C40H32N4. The molecule has 0 unspecified atom stereocenters. The molecule has 0 atom stereocenters. The van der Waals surface area contributed by atoms with E-state index < -0.39 is 0 Å². The Morgan fingerprint density at radius 2 is 0.455 bits per heavy atom. The number of nitrogens with two attached hydrogens (primary N) is 2. The normalized spacial score (nSPS) is 11.0. The number of anilines is 4. The zero-order chi connectivity index (χ0) is 29.9. The van der Waals surface area contributed by atoms with Crippen LogP contribution in [0.25, 0.3) is 43.1 Å². The number of hydrogen-bond donors (Lipinski definition) is 2. The van der Waals surface area contributed by atoms with E-state index in [1.54, 1.807) is 10.0 Å². The lowest BCUT2D eigenvalue weighted by atomic mass is 10.1. The summed E-state index contributed by atoms with van der Waals surface area (Å²) in [5.41, 5.74) is 4.04. The van der Waals surface area contributed by atoms with Crippen molar-refractivity contribution in [3.05, 3.63) is 170 Å². The Morgan fingerprint density at radius 3 is 0.705 bits per heavy atom. The van der Waals surface area contributed by atoms with E-state index in [0.29, 0.717) is 0 Å². The molecule has 4 heteroatoms. The quantitative estimate of drug-likeness (QED) is 0.164. The summed E-state index contributed by atoms with van der Waals surface area (Å²) in [5.74, 6) is 13.0. The van der Waals surface area contributed by atoms with Crippen LogP contribution >= 0.6 is 0 Å². The first-order chi connectivity index (χ1) is 21.7. The second kappa shape index (κ2) is 11.9. The summed E-state index contributed by atoms with van der Waals surface area (Å²) in [5, 5.41) is 12.9. The van der Waals surface area contributed by atoms with Crippen LogP contribution in [0.5, 0.6) is 0 Å². The predicted molar refractivity (Wildman–Crippen MR) is 188 cm³/mol. The molecule has 0 aliphatic heterocycles. The van der Waals surface area contributed by atoms with Gasteiger partial charge < -0.3 is 0 Å². The SMILES string of the molecule is NN(c1cccc2ccccc12)c1cccc2ccccc12.NN(c1cccc2ccccc12)c1cccc2ccccc12. The summed E-state index contributed by atoms with van der Waals surface area (Å²) in [6, 6.07) is 58.1. The summed E-state index contributed by atoms with van der Waals surface area (Å²) in [6.07, 6.45) is 0. The second-order valence-electron chi connectivity index (χ2n) is 10.7. The van der Waals surface area contributed by atoms with Gasteiger partial charge in [0.25, 0.3) is 0 Å². The van der Waals surface area contributed by atoms with Crippen LogP contribution in [-0.2, 0) is 0 Å². The molecule has 0 aliphatic carbocycles. The smallest absolute Gasteiger partial charge is 0.0653 e. The summed E-state index contributed by atoms with van der Waals surface area (Å²) >= 11 is 0. The Labute approximate surface area is 256 Å². The number of hydrazine groups is 2. The van der Waals surface area contributed by atoms with Gasteiger partial charge in [0, 0.05) is 21.5 Å². The molecule has 0 aliphatic rings. The highest BCUT2D eigenvalue weighted by atomic mass is 15.4. The average Bonchev–Trinajstić information content (AvgIpc) is 3.10. The first-order valence-electron chi connectivity index (χ1n) is 14.7. The van der Waals surface area contributed by atoms with E-state index in [-0.39, 0.29) is 0 Å². The van der Waals surface area contributed by atoms with E-state index in [1.807, 2.05) is 72.8 Å². The summed E-state index contributed by atoms with van der Waals surface area (Å²) in [7, 11) is 0. The van der Waals surface area contributed by atoms with Crippen LogP contribution < -0.4 is 21.7 Å². The highest BCUT2D eigenvalue weighted by Gasteiger charge is 2.12. The van der Waals surface area contributed by atoms with E-state index in [9.17, 15) is 0 Å². The largest absolute Gasteiger partial charge is 0.278 e. The molecule has 0 heterocycles. The van der Waals surface area contributed by atoms with E-state index >= 15 is 0 Å². The molecule has 8 aromatic carbocycles. The maximum atomic E-state index is 6.48. The first-order valence-corrected chi connectivity index (χ1v) is 14.7. The molecular weight excluding hydrogens is 536 g/mol. The molecule has 212 valence electrons. The number of rotatable bonds is 4. The summed E-state index contributed by atoms with van der Waals surface area (Å²) in [4.78, 5) is 0. The third kappa shape index (κ3) is 5.09.